The Morgan fingerprint density at radius 2 is 1.40 bits per heavy atom. The number of hydrogen-bond acceptors (Lipinski definition) is 2. The largest absolute Gasteiger partial charge is 0.344 e. The lowest BCUT2D eigenvalue weighted by Crippen LogP contribution is -2.39. The van der Waals surface area contributed by atoms with Gasteiger partial charge in [-0.2, -0.15) is 0 Å². The summed E-state index contributed by atoms with van der Waals surface area (Å²) >= 11 is 0. The molecule has 0 aliphatic heterocycles. The van der Waals surface area contributed by atoms with Gasteiger partial charge in [0.05, 0.1) is 12.6 Å². The summed E-state index contributed by atoms with van der Waals surface area (Å²) in [5.74, 6) is 0.105. The minimum atomic E-state index is -0.0324. The Morgan fingerprint density at radius 1 is 0.920 bits per heavy atom. The summed E-state index contributed by atoms with van der Waals surface area (Å²) in [5, 5.41) is 3.26. The molecular formula is C21H27ClN2O. The Balaban J connectivity index is 0.00000225. The number of carbonyl (C=O) groups excluding carboxylic acids is 1. The molecule has 1 aliphatic carbocycles. The van der Waals surface area contributed by atoms with E-state index in [4.69, 9.17) is 0 Å². The molecule has 0 atom stereocenters. The van der Waals surface area contributed by atoms with E-state index in [1.165, 1.54) is 22.3 Å². The van der Waals surface area contributed by atoms with Crippen molar-refractivity contribution in [2.45, 2.75) is 32.7 Å². The van der Waals surface area contributed by atoms with Crippen molar-refractivity contribution in [2.24, 2.45) is 0 Å². The van der Waals surface area contributed by atoms with Crippen LogP contribution in [0.2, 0.25) is 0 Å². The van der Waals surface area contributed by atoms with E-state index in [9.17, 15) is 4.79 Å². The van der Waals surface area contributed by atoms with Crippen LogP contribution < -0.4 is 5.32 Å². The highest BCUT2D eigenvalue weighted by Gasteiger charge is 2.29. The van der Waals surface area contributed by atoms with Crippen molar-refractivity contribution in [3.05, 3.63) is 59.7 Å². The van der Waals surface area contributed by atoms with Crippen molar-refractivity contribution in [1.29, 1.82) is 0 Å². The molecule has 2 aromatic rings. The van der Waals surface area contributed by atoms with Crippen molar-refractivity contribution in [3.8, 4) is 11.1 Å². The second kappa shape index (κ2) is 9.02. The topological polar surface area (TPSA) is 32.3 Å². The highest BCUT2D eigenvalue weighted by Crippen LogP contribution is 2.42. The third-order valence-electron chi connectivity index (χ3n) is 4.59. The Hall–Kier alpha value is -1.84. The molecule has 0 saturated carbocycles. The molecule has 3 rings (SSSR count). The van der Waals surface area contributed by atoms with Crippen molar-refractivity contribution in [2.75, 3.05) is 19.6 Å². The number of fused-ring (bicyclic) bond motifs is 3. The zero-order chi connectivity index (χ0) is 16.9. The average Bonchev–Trinajstić information content (AvgIpc) is 2.90. The van der Waals surface area contributed by atoms with Gasteiger partial charge in [-0.05, 0) is 48.2 Å². The molecule has 0 spiro atoms. The summed E-state index contributed by atoms with van der Waals surface area (Å²) in [4.78, 5) is 14.9. The zero-order valence-corrected chi connectivity index (χ0v) is 15.8. The summed E-state index contributed by atoms with van der Waals surface area (Å²) in [6.07, 6.45) is 2.14. The van der Waals surface area contributed by atoms with Gasteiger partial charge < -0.3 is 5.32 Å². The van der Waals surface area contributed by atoms with Gasteiger partial charge >= 0.3 is 0 Å². The number of nitrogens with zero attached hydrogens (tertiary/aromatic N) is 1. The third kappa shape index (κ3) is 4.23. The van der Waals surface area contributed by atoms with Crippen molar-refractivity contribution < 1.29 is 4.79 Å². The number of rotatable bonds is 7. The first-order valence-electron chi connectivity index (χ1n) is 8.94. The maximum Gasteiger partial charge on any atom is 0.234 e. The minimum absolute atomic E-state index is 0. The Morgan fingerprint density at radius 3 is 1.88 bits per heavy atom. The second-order valence-corrected chi connectivity index (χ2v) is 6.45. The lowest BCUT2D eigenvalue weighted by atomic mass is 10.1. The molecule has 0 saturated heterocycles. The molecule has 25 heavy (non-hydrogen) atoms. The molecule has 1 N–H and O–H groups in total. The fourth-order valence-corrected chi connectivity index (χ4v) is 3.62. The van der Waals surface area contributed by atoms with Crippen LogP contribution in [0.4, 0.5) is 0 Å². The Labute approximate surface area is 156 Å². The zero-order valence-electron chi connectivity index (χ0n) is 15.0. The van der Waals surface area contributed by atoms with E-state index >= 15 is 0 Å². The number of benzene rings is 2. The minimum Gasteiger partial charge on any atom is -0.344 e. The molecule has 0 fully saturated rings. The highest BCUT2D eigenvalue weighted by atomic mass is 35.5. The maximum atomic E-state index is 12.6. The lowest BCUT2D eigenvalue weighted by Gasteiger charge is -2.22. The number of carbonyl (C=O) groups is 1. The quantitative estimate of drug-likeness (QED) is 0.794. The summed E-state index contributed by atoms with van der Waals surface area (Å²) in [7, 11) is 0. The van der Waals surface area contributed by atoms with Gasteiger partial charge in [-0.3, -0.25) is 9.69 Å². The van der Waals surface area contributed by atoms with Gasteiger partial charge in [-0.15, -0.1) is 12.4 Å². The van der Waals surface area contributed by atoms with Gasteiger partial charge in [0.1, 0.15) is 0 Å². The highest BCUT2D eigenvalue weighted by molar-refractivity contribution is 5.85. The fourth-order valence-electron chi connectivity index (χ4n) is 3.62. The van der Waals surface area contributed by atoms with Gasteiger partial charge in [-0.1, -0.05) is 62.4 Å². The van der Waals surface area contributed by atoms with Crippen LogP contribution in [-0.4, -0.2) is 30.4 Å². The van der Waals surface area contributed by atoms with Crippen molar-refractivity contribution >= 4 is 18.3 Å². The van der Waals surface area contributed by atoms with Gasteiger partial charge in [0, 0.05) is 0 Å². The van der Waals surface area contributed by atoms with E-state index in [0.717, 1.165) is 25.9 Å². The molecule has 0 bridgehead atoms. The summed E-state index contributed by atoms with van der Waals surface area (Å²) in [5.41, 5.74) is 4.86. The summed E-state index contributed by atoms with van der Waals surface area (Å²) in [6.45, 7) is 6.73. The van der Waals surface area contributed by atoms with Crippen LogP contribution in [0, 0.1) is 0 Å². The normalized spacial score (nSPS) is 12.4. The second-order valence-electron chi connectivity index (χ2n) is 6.45. The van der Waals surface area contributed by atoms with Gasteiger partial charge in [0.2, 0.25) is 5.91 Å². The SMILES string of the molecule is CCCN(CCC)CC(=O)NC1c2ccccc2-c2ccccc21.Cl. The third-order valence-corrected chi connectivity index (χ3v) is 4.59. The molecule has 3 nitrogen and oxygen atoms in total. The standard InChI is InChI=1S/C21H26N2O.ClH/c1-3-13-23(14-4-2)15-20(24)22-21-18-11-7-5-9-16(18)17-10-6-8-12-19(17)21;/h5-12,21H,3-4,13-15H2,1-2H3,(H,22,24);1H. The number of nitrogens with one attached hydrogen (secondary N) is 1. The molecule has 0 aromatic heterocycles. The first kappa shape index (κ1) is 19.5. The van der Waals surface area contributed by atoms with Crippen LogP contribution in [0.15, 0.2) is 48.5 Å². The summed E-state index contributed by atoms with van der Waals surface area (Å²) < 4.78 is 0. The summed E-state index contributed by atoms with van der Waals surface area (Å²) in [6, 6.07) is 16.7. The van der Waals surface area contributed by atoms with Gasteiger partial charge in [0.15, 0.2) is 0 Å². The first-order chi connectivity index (χ1) is 11.7. The molecule has 1 aliphatic rings. The molecule has 4 heteroatoms. The molecule has 2 aromatic carbocycles. The van der Waals surface area contributed by atoms with E-state index in [-0.39, 0.29) is 24.4 Å². The van der Waals surface area contributed by atoms with Crippen LogP contribution in [-0.2, 0) is 4.79 Å². The smallest absolute Gasteiger partial charge is 0.234 e. The van der Waals surface area contributed by atoms with E-state index in [1.807, 2.05) is 12.1 Å². The van der Waals surface area contributed by atoms with Crippen LogP contribution >= 0.6 is 12.4 Å². The first-order valence-corrected chi connectivity index (χ1v) is 8.94. The fraction of sp³-hybridized carbons (Fsp3) is 0.381. The number of amides is 1. The predicted octanol–water partition coefficient (Wildman–Crippen LogP) is 4.42. The van der Waals surface area contributed by atoms with Gasteiger partial charge in [-0.25, -0.2) is 0 Å². The van der Waals surface area contributed by atoms with Crippen LogP contribution in [0.3, 0.4) is 0 Å². The monoisotopic (exact) mass is 358 g/mol. The Bertz CT molecular complexity index is 665. The maximum absolute atomic E-state index is 12.6. The van der Waals surface area contributed by atoms with E-state index in [0.29, 0.717) is 6.54 Å². The van der Waals surface area contributed by atoms with Crippen LogP contribution in [0.5, 0.6) is 0 Å². The Kier molecular flexibility index (Phi) is 7.03. The predicted molar refractivity (Wildman–Crippen MR) is 106 cm³/mol. The van der Waals surface area contributed by atoms with E-state index < -0.39 is 0 Å². The molecule has 134 valence electrons. The number of halogens is 1. The van der Waals surface area contributed by atoms with E-state index in [2.05, 4.69) is 60.5 Å². The molecule has 0 radical (unpaired) electrons. The van der Waals surface area contributed by atoms with Crippen LogP contribution in [0.25, 0.3) is 11.1 Å². The van der Waals surface area contributed by atoms with Crippen molar-refractivity contribution in [3.63, 3.8) is 0 Å². The average molecular weight is 359 g/mol. The molecule has 1 amide bonds. The lowest BCUT2D eigenvalue weighted by molar-refractivity contribution is -0.122. The van der Waals surface area contributed by atoms with E-state index in [1.54, 1.807) is 0 Å². The molecule has 0 heterocycles. The van der Waals surface area contributed by atoms with Crippen molar-refractivity contribution in [1.82, 2.24) is 10.2 Å². The molecule has 0 unspecified atom stereocenters. The number of hydrogen-bond donors (Lipinski definition) is 1. The van der Waals surface area contributed by atoms with Crippen LogP contribution in [0.1, 0.15) is 43.9 Å². The molecular weight excluding hydrogens is 332 g/mol. The van der Waals surface area contributed by atoms with Gasteiger partial charge in [0.25, 0.3) is 0 Å².